The van der Waals surface area contributed by atoms with E-state index in [4.69, 9.17) is 0 Å². The van der Waals surface area contributed by atoms with Crippen LogP contribution in [0.25, 0.3) is 16.6 Å². The average Bonchev–Trinajstić information content (AvgIpc) is 3.22. The molecular formula is C20H17N5O2S2. The highest BCUT2D eigenvalue weighted by molar-refractivity contribution is 7.99. The average molecular weight is 424 g/mol. The summed E-state index contributed by atoms with van der Waals surface area (Å²) in [6.07, 6.45) is 0. The number of amides is 1. The number of aryl methyl sites for hydroxylation is 2. The number of carbonyl (C=O) groups excluding carboxylic acids is 1. The van der Waals surface area contributed by atoms with Crippen molar-refractivity contribution < 1.29 is 4.79 Å². The molecule has 0 bridgehead atoms. The van der Waals surface area contributed by atoms with E-state index >= 15 is 0 Å². The van der Waals surface area contributed by atoms with Gasteiger partial charge in [-0.2, -0.15) is 0 Å². The van der Waals surface area contributed by atoms with Crippen molar-refractivity contribution in [3.8, 4) is 5.69 Å². The number of benzene rings is 2. The normalized spacial score (nSPS) is 11.0. The van der Waals surface area contributed by atoms with E-state index in [1.165, 1.54) is 23.1 Å². The Morgan fingerprint density at radius 3 is 2.76 bits per heavy atom. The molecule has 4 aromatic rings. The van der Waals surface area contributed by atoms with E-state index in [1.54, 1.807) is 22.2 Å². The molecule has 0 saturated heterocycles. The summed E-state index contributed by atoms with van der Waals surface area (Å²) in [6, 6.07) is 13.0. The summed E-state index contributed by atoms with van der Waals surface area (Å²) in [5.74, 6) is -0.143. The van der Waals surface area contributed by atoms with Crippen molar-refractivity contribution in [1.82, 2.24) is 19.7 Å². The monoisotopic (exact) mass is 423 g/mol. The van der Waals surface area contributed by atoms with Crippen LogP contribution in [0.5, 0.6) is 0 Å². The van der Waals surface area contributed by atoms with Crippen LogP contribution in [0.15, 0.2) is 57.9 Å². The third-order valence-corrected chi connectivity index (χ3v) is 5.98. The molecule has 2 aromatic heterocycles. The van der Waals surface area contributed by atoms with Crippen LogP contribution in [-0.2, 0) is 4.79 Å². The maximum absolute atomic E-state index is 13.2. The van der Waals surface area contributed by atoms with Crippen molar-refractivity contribution in [3.05, 3.63) is 69.5 Å². The van der Waals surface area contributed by atoms with Gasteiger partial charge in [0.15, 0.2) is 5.16 Å². The molecule has 0 aliphatic heterocycles. The second kappa shape index (κ2) is 8.14. The molecule has 0 unspecified atom stereocenters. The van der Waals surface area contributed by atoms with Gasteiger partial charge in [0.05, 0.1) is 22.3 Å². The predicted octanol–water partition coefficient (Wildman–Crippen LogP) is 3.58. The number of fused-ring (bicyclic) bond motifs is 1. The van der Waals surface area contributed by atoms with E-state index in [1.807, 2.05) is 44.2 Å². The van der Waals surface area contributed by atoms with Gasteiger partial charge in [-0.15, -0.1) is 10.2 Å². The topological polar surface area (TPSA) is 89.8 Å². The fourth-order valence-corrected chi connectivity index (χ4v) is 4.09. The van der Waals surface area contributed by atoms with Gasteiger partial charge in [0, 0.05) is 0 Å². The van der Waals surface area contributed by atoms with Gasteiger partial charge in [0.2, 0.25) is 11.0 Å². The zero-order chi connectivity index (χ0) is 20.4. The zero-order valence-electron chi connectivity index (χ0n) is 15.7. The van der Waals surface area contributed by atoms with E-state index in [-0.39, 0.29) is 17.2 Å². The van der Waals surface area contributed by atoms with Gasteiger partial charge in [-0.05, 0) is 49.2 Å². The van der Waals surface area contributed by atoms with Gasteiger partial charge in [-0.25, -0.2) is 4.98 Å². The Morgan fingerprint density at radius 2 is 2.00 bits per heavy atom. The molecule has 7 nitrogen and oxygen atoms in total. The summed E-state index contributed by atoms with van der Waals surface area (Å²) in [5.41, 5.74) is 4.93. The van der Waals surface area contributed by atoms with Crippen molar-refractivity contribution in [3.63, 3.8) is 0 Å². The first-order valence-electron chi connectivity index (χ1n) is 8.81. The molecule has 0 fully saturated rings. The second-order valence-electron chi connectivity index (χ2n) is 6.40. The molecule has 0 saturated carbocycles. The highest BCUT2D eigenvalue weighted by atomic mass is 32.2. The smallest absolute Gasteiger partial charge is 0.266 e. The third-order valence-electron chi connectivity index (χ3n) is 4.43. The predicted molar refractivity (Wildman–Crippen MR) is 116 cm³/mol. The summed E-state index contributed by atoms with van der Waals surface area (Å²) in [7, 11) is 0. The molecule has 146 valence electrons. The molecule has 0 aliphatic carbocycles. The van der Waals surface area contributed by atoms with Gasteiger partial charge in [-0.3, -0.25) is 19.5 Å². The molecule has 9 heteroatoms. The maximum Gasteiger partial charge on any atom is 0.266 e. The second-order valence-corrected chi connectivity index (χ2v) is 8.18. The molecule has 1 N–H and O–H groups in total. The highest BCUT2D eigenvalue weighted by Crippen LogP contribution is 2.23. The molecule has 2 heterocycles. The van der Waals surface area contributed by atoms with Crippen LogP contribution in [0.2, 0.25) is 0 Å². The number of thioether (sulfide) groups is 1. The van der Waals surface area contributed by atoms with E-state index in [0.29, 0.717) is 21.2 Å². The third kappa shape index (κ3) is 4.06. The number of hydrogen-bond acceptors (Lipinski definition) is 7. The van der Waals surface area contributed by atoms with Crippen molar-refractivity contribution >= 4 is 45.0 Å². The number of hydrogen-bond donors (Lipinski definition) is 1. The first kappa shape index (κ1) is 19.3. The Bertz CT molecular complexity index is 1250. The fraction of sp³-hybridized carbons (Fsp3) is 0.150. The van der Waals surface area contributed by atoms with Crippen LogP contribution < -0.4 is 10.9 Å². The molecule has 1 amide bonds. The Balaban J connectivity index is 1.74. The first-order chi connectivity index (χ1) is 14.0. The number of nitrogens with one attached hydrogen (secondary N) is 1. The number of aromatic nitrogens is 4. The van der Waals surface area contributed by atoms with Gasteiger partial charge < -0.3 is 0 Å². The molecule has 0 atom stereocenters. The lowest BCUT2D eigenvalue weighted by Gasteiger charge is -2.14. The van der Waals surface area contributed by atoms with Crippen LogP contribution in [-0.4, -0.2) is 31.4 Å². The van der Waals surface area contributed by atoms with Crippen molar-refractivity contribution in [2.75, 3.05) is 11.1 Å². The van der Waals surface area contributed by atoms with Crippen LogP contribution in [0, 0.1) is 13.8 Å². The maximum atomic E-state index is 13.2. The van der Waals surface area contributed by atoms with E-state index in [9.17, 15) is 9.59 Å². The number of rotatable bonds is 5. The van der Waals surface area contributed by atoms with Gasteiger partial charge >= 0.3 is 0 Å². The van der Waals surface area contributed by atoms with Crippen LogP contribution in [0.3, 0.4) is 0 Å². The van der Waals surface area contributed by atoms with Crippen LogP contribution in [0.4, 0.5) is 5.13 Å². The minimum Gasteiger partial charge on any atom is -0.300 e. The SMILES string of the molecule is Cc1ccc(-n2c(SCC(=O)Nc3nncs3)nc3ccccc3c2=O)cc1C. The lowest BCUT2D eigenvalue weighted by atomic mass is 10.1. The molecule has 0 radical (unpaired) electrons. The van der Waals surface area contributed by atoms with Crippen molar-refractivity contribution in [2.45, 2.75) is 19.0 Å². The van der Waals surface area contributed by atoms with Crippen LogP contribution in [0.1, 0.15) is 11.1 Å². The molecule has 0 spiro atoms. The number of para-hydroxylation sites is 1. The lowest BCUT2D eigenvalue weighted by Crippen LogP contribution is -2.23. The number of carbonyl (C=O) groups is 1. The molecule has 2 aromatic carbocycles. The summed E-state index contributed by atoms with van der Waals surface area (Å²) in [5, 5.41) is 11.6. The number of anilines is 1. The van der Waals surface area contributed by atoms with Crippen LogP contribution >= 0.6 is 23.1 Å². The van der Waals surface area contributed by atoms with Gasteiger partial charge in [-0.1, -0.05) is 41.3 Å². The minimum absolute atomic E-state index is 0.0925. The molecular weight excluding hydrogens is 406 g/mol. The summed E-state index contributed by atoms with van der Waals surface area (Å²) < 4.78 is 1.57. The Morgan fingerprint density at radius 1 is 1.17 bits per heavy atom. The van der Waals surface area contributed by atoms with Gasteiger partial charge in [0.1, 0.15) is 5.51 Å². The summed E-state index contributed by atoms with van der Waals surface area (Å²) in [4.78, 5) is 30.2. The molecule has 4 rings (SSSR count). The quantitative estimate of drug-likeness (QED) is 0.390. The zero-order valence-corrected chi connectivity index (χ0v) is 17.4. The summed E-state index contributed by atoms with van der Waals surface area (Å²) in [6.45, 7) is 4.02. The summed E-state index contributed by atoms with van der Waals surface area (Å²) >= 11 is 2.45. The van der Waals surface area contributed by atoms with E-state index in [2.05, 4.69) is 20.5 Å². The van der Waals surface area contributed by atoms with Crippen molar-refractivity contribution in [2.24, 2.45) is 0 Å². The fourth-order valence-electron chi connectivity index (χ4n) is 2.81. The van der Waals surface area contributed by atoms with E-state index < -0.39 is 0 Å². The highest BCUT2D eigenvalue weighted by Gasteiger charge is 2.15. The molecule has 0 aliphatic rings. The first-order valence-corrected chi connectivity index (χ1v) is 10.7. The minimum atomic E-state index is -0.235. The van der Waals surface area contributed by atoms with Crippen molar-refractivity contribution in [1.29, 1.82) is 0 Å². The standard InChI is InChI=1S/C20H17N5O2S2/c1-12-7-8-14(9-13(12)2)25-18(27)15-5-3-4-6-16(15)22-20(25)28-10-17(26)23-19-24-21-11-29-19/h3-9,11H,10H2,1-2H3,(H,23,24,26). The Kier molecular flexibility index (Phi) is 5.41. The molecule has 29 heavy (non-hydrogen) atoms. The largest absolute Gasteiger partial charge is 0.300 e. The lowest BCUT2D eigenvalue weighted by molar-refractivity contribution is -0.113. The Labute approximate surface area is 174 Å². The van der Waals surface area contributed by atoms with E-state index in [0.717, 1.165) is 16.8 Å². The van der Waals surface area contributed by atoms with Gasteiger partial charge in [0.25, 0.3) is 5.56 Å². The number of nitrogens with zero attached hydrogens (tertiary/aromatic N) is 4. The Hall–Kier alpha value is -3.04.